The van der Waals surface area contributed by atoms with Crippen molar-refractivity contribution in [2.45, 2.75) is 4.90 Å². The van der Waals surface area contributed by atoms with Crippen LogP contribution in [0.5, 0.6) is 5.75 Å². The quantitative estimate of drug-likeness (QED) is 0.446. The van der Waals surface area contributed by atoms with E-state index in [4.69, 9.17) is 21.6 Å². The average molecular weight is 378 g/mol. The van der Waals surface area contributed by atoms with Crippen molar-refractivity contribution in [1.29, 1.82) is 5.26 Å². The van der Waals surface area contributed by atoms with Gasteiger partial charge in [-0.2, -0.15) is 5.26 Å². The zero-order valence-electron chi connectivity index (χ0n) is 12.8. The normalized spacial score (nSPS) is 9.92. The Kier molecular flexibility index (Phi) is 6.62. The summed E-state index contributed by atoms with van der Waals surface area (Å²) in [6.07, 6.45) is 0. The number of hydrogen-bond donors (Lipinski definition) is 1. The zero-order valence-corrected chi connectivity index (χ0v) is 14.3. The van der Waals surface area contributed by atoms with E-state index in [1.54, 1.807) is 18.2 Å². The number of nitrogens with zero attached hydrogens (tertiary/aromatic N) is 2. The van der Waals surface area contributed by atoms with Crippen LogP contribution in [0, 0.1) is 21.4 Å². The Hall–Kier alpha value is -2.76. The van der Waals surface area contributed by atoms with Gasteiger partial charge in [-0.25, -0.2) is 0 Å². The van der Waals surface area contributed by atoms with Gasteiger partial charge < -0.3 is 10.1 Å². The third-order valence-electron chi connectivity index (χ3n) is 2.94. The molecule has 1 amide bonds. The highest BCUT2D eigenvalue weighted by Gasteiger charge is 2.12. The van der Waals surface area contributed by atoms with Crippen LogP contribution in [-0.4, -0.2) is 23.2 Å². The SMILES string of the molecule is N#CCSc1ccccc1NC(=O)COc1ccc([N+](=O)[O-])cc1Cl. The molecule has 0 aliphatic carbocycles. The largest absolute Gasteiger partial charge is 0.482 e. The van der Waals surface area contributed by atoms with Crippen molar-refractivity contribution in [2.24, 2.45) is 0 Å². The van der Waals surface area contributed by atoms with Crippen LogP contribution in [0.1, 0.15) is 0 Å². The molecule has 25 heavy (non-hydrogen) atoms. The second kappa shape index (κ2) is 8.92. The molecule has 0 spiro atoms. The van der Waals surface area contributed by atoms with Crippen LogP contribution in [0.3, 0.4) is 0 Å². The Labute approximate surface area is 152 Å². The van der Waals surface area contributed by atoms with E-state index >= 15 is 0 Å². The summed E-state index contributed by atoms with van der Waals surface area (Å²) < 4.78 is 5.30. The first-order valence-electron chi connectivity index (χ1n) is 6.96. The summed E-state index contributed by atoms with van der Waals surface area (Å²) in [4.78, 5) is 22.9. The smallest absolute Gasteiger partial charge is 0.271 e. The third kappa shape index (κ3) is 5.38. The molecule has 0 radical (unpaired) electrons. The number of anilines is 1. The van der Waals surface area contributed by atoms with E-state index in [-0.39, 0.29) is 28.8 Å². The number of hydrogen-bond acceptors (Lipinski definition) is 6. The molecule has 0 atom stereocenters. The molecule has 0 aliphatic rings. The van der Waals surface area contributed by atoms with Gasteiger partial charge in [0.05, 0.1) is 27.5 Å². The fourth-order valence-electron chi connectivity index (χ4n) is 1.86. The van der Waals surface area contributed by atoms with Crippen molar-refractivity contribution in [1.82, 2.24) is 0 Å². The monoisotopic (exact) mass is 377 g/mol. The number of nitrogens with one attached hydrogen (secondary N) is 1. The highest BCUT2D eigenvalue weighted by atomic mass is 35.5. The highest BCUT2D eigenvalue weighted by molar-refractivity contribution is 7.99. The summed E-state index contributed by atoms with van der Waals surface area (Å²) in [5.41, 5.74) is 0.413. The molecule has 0 aromatic heterocycles. The summed E-state index contributed by atoms with van der Waals surface area (Å²) >= 11 is 7.21. The highest BCUT2D eigenvalue weighted by Crippen LogP contribution is 2.29. The Morgan fingerprint density at radius 3 is 2.80 bits per heavy atom. The first-order valence-corrected chi connectivity index (χ1v) is 8.33. The minimum atomic E-state index is -0.571. The van der Waals surface area contributed by atoms with Gasteiger partial charge in [0, 0.05) is 17.0 Å². The molecule has 0 unspecified atom stereocenters. The number of carbonyl (C=O) groups excluding carboxylic acids is 1. The lowest BCUT2D eigenvalue weighted by Crippen LogP contribution is -2.20. The Morgan fingerprint density at radius 1 is 1.36 bits per heavy atom. The number of carbonyl (C=O) groups is 1. The Morgan fingerprint density at radius 2 is 2.12 bits per heavy atom. The molecule has 9 heteroatoms. The van der Waals surface area contributed by atoms with Gasteiger partial charge in [0.2, 0.25) is 0 Å². The number of ether oxygens (including phenoxy) is 1. The number of rotatable bonds is 7. The van der Waals surface area contributed by atoms with Crippen LogP contribution >= 0.6 is 23.4 Å². The molecule has 0 saturated carbocycles. The molecule has 7 nitrogen and oxygen atoms in total. The fraction of sp³-hybridized carbons (Fsp3) is 0.125. The number of nitriles is 1. The molecule has 0 saturated heterocycles. The molecule has 0 aliphatic heterocycles. The first-order chi connectivity index (χ1) is 12.0. The van der Waals surface area contributed by atoms with Crippen molar-refractivity contribution >= 4 is 40.6 Å². The predicted octanol–water partition coefficient (Wildman–Crippen LogP) is 3.88. The third-order valence-corrected chi connectivity index (χ3v) is 4.17. The standard InChI is InChI=1S/C16H12ClN3O4S/c17-12-9-11(20(22)23)5-6-14(12)24-10-16(21)19-13-3-1-2-4-15(13)25-8-7-18/h1-6,9H,8,10H2,(H,19,21). The first kappa shape index (κ1) is 18.6. The molecular formula is C16H12ClN3O4S. The lowest BCUT2D eigenvalue weighted by Gasteiger charge is -2.11. The second-order valence-corrected chi connectivity index (χ2v) is 6.08. The lowest BCUT2D eigenvalue weighted by molar-refractivity contribution is -0.384. The van der Waals surface area contributed by atoms with Gasteiger partial charge in [-0.15, -0.1) is 11.8 Å². The number of non-ortho nitro benzene ring substituents is 1. The maximum atomic E-state index is 12.0. The molecule has 2 rings (SSSR count). The van der Waals surface area contributed by atoms with E-state index in [2.05, 4.69) is 5.32 Å². The van der Waals surface area contributed by atoms with Gasteiger partial charge in [-0.1, -0.05) is 23.7 Å². The van der Waals surface area contributed by atoms with Crippen LogP contribution in [0.15, 0.2) is 47.4 Å². The van der Waals surface area contributed by atoms with Crippen molar-refractivity contribution in [3.05, 3.63) is 57.6 Å². The van der Waals surface area contributed by atoms with Crippen molar-refractivity contribution < 1.29 is 14.5 Å². The lowest BCUT2D eigenvalue weighted by atomic mass is 10.3. The summed E-state index contributed by atoms with van der Waals surface area (Å²) in [5.74, 6) is 0.0240. The fourth-order valence-corrected chi connectivity index (χ4v) is 2.75. The van der Waals surface area contributed by atoms with Gasteiger partial charge >= 0.3 is 0 Å². The van der Waals surface area contributed by atoms with Crippen molar-refractivity contribution in [2.75, 3.05) is 17.7 Å². The number of thioether (sulfide) groups is 1. The number of benzene rings is 2. The van der Waals surface area contributed by atoms with Crippen LogP contribution < -0.4 is 10.1 Å². The van der Waals surface area contributed by atoms with E-state index in [1.165, 1.54) is 23.9 Å². The molecule has 0 bridgehead atoms. The van der Waals surface area contributed by atoms with Gasteiger partial charge in [-0.3, -0.25) is 14.9 Å². The van der Waals surface area contributed by atoms with E-state index in [0.29, 0.717) is 5.69 Å². The van der Waals surface area contributed by atoms with Crippen LogP contribution in [0.25, 0.3) is 0 Å². The summed E-state index contributed by atoms with van der Waals surface area (Å²) in [6.45, 7) is -0.311. The van der Waals surface area contributed by atoms with Crippen LogP contribution in [0.4, 0.5) is 11.4 Å². The zero-order chi connectivity index (χ0) is 18.2. The molecular weight excluding hydrogens is 366 g/mol. The number of nitro benzene ring substituents is 1. The van der Waals surface area contributed by atoms with Gasteiger partial charge in [0.25, 0.3) is 11.6 Å². The Balaban J connectivity index is 1.98. The molecule has 2 aromatic carbocycles. The average Bonchev–Trinajstić information content (AvgIpc) is 2.59. The molecule has 0 heterocycles. The topological polar surface area (TPSA) is 105 Å². The number of halogens is 1. The predicted molar refractivity (Wildman–Crippen MR) is 95.0 cm³/mol. The van der Waals surface area contributed by atoms with Crippen molar-refractivity contribution in [3.8, 4) is 11.8 Å². The van der Waals surface area contributed by atoms with E-state index in [0.717, 1.165) is 11.0 Å². The summed E-state index contributed by atoms with van der Waals surface area (Å²) in [7, 11) is 0. The maximum absolute atomic E-state index is 12.0. The molecule has 1 N–H and O–H groups in total. The molecule has 2 aromatic rings. The number of amides is 1. The van der Waals surface area contributed by atoms with Gasteiger partial charge in [0.15, 0.2) is 6.61 Å². The summed E-state index contributed by atoms with van der Waals surface area (Å²) in [5, 5.41) is 22.1. The van der Waals surface area contributed by atoms with Gasteiger partial charge in [-0.05, 0) is 18.2 Å². The minimum absolute atomic E-state index is 0.0481. The second-order valence-electron chi connectivity index (χ2n) is 4.65. The van der Waals surface area contributed by atoms with Crippen LogP contribution in [0.2, 0.25) is 5.02 Å². The summed E-state index contributed by atoms with van der Waals surface area (Å²) in [6, 6.07) is 12.8. The van der Waals surface area contributed by atoms with E-state index in [1.807, 2.05) is 12.1 Å². The number of nitro groups is 1. The van der Waals surface area contributed by atoms with E-state index < -0.39 is 10.8 Å². The van der Waals surface area contributed by atoms with E-state index in [9.17, 15) is 14.9 Å². The van der Waals surface area contributed by atoms with Gasteiger partial charge in [0.1, 0.15) is 5.75 Å². The molecule has 0 fully saturated rings. The minimum Gasteiger partial charge on any atom is -0.482 e. The maximum Gasteiger partial charge on any atom is 0.271 e. The molecule has 128 valence electrons. The van der Waals surface area contributed by atoms with Crippen LogP contribution in [-0.2, 0) is 4.79 Å². The number of para-hydroxylation sites is 1. The Bertz CT molecular complexity index is 838. The van der Waals surface area contributed by atoms with Crippen molar-refractivity contribution in [3.63, 3.8) is 0 Å².